The number of carbonyl (C=O) groups is 1. The molecule has 0 aromatic carbocycles. The fourth-order valence-electron chi connectivity index (χ4n) is 1.82. The zero-order valence-electron chi connectivity index (χ0n) is 9.96. The molecule has 16 heavy (non-hydrogen) atoms. The van der Waals surface area contributed by atoms with Crippen molar-refractivity contribution in [3.05, 3.63) is 0 Å². The van der Waals surface area contributed by atoms with Crippen molar-refractivity contribution in [2.75, 3.05) is 31.6 Å². The number of hydrogen-bond acceptors (Lipinski definition) is 3. The zero-order chi connectivity index (χ0) is 10.9. The van der Waals surface area contributed by atoms with Gasteiger partial charge in [0.25, 0.3) is 0 Å². The van der Waals surface area contributed by atoms with E-state index < -0.39 is 0 Å². The number of rotatable bonds is 6. The molecule has 0 aromatic rings. The maximum atomic E-state index is 11.4. The third-order valence-electron chi connectivity index (χ3n) is 2.74. The van der Waals surface area contributed by atoms with Crippen LogP contribution in [0.15, 0.2) is 0 Å². The van der Waals surface area contributed by atoms with Gasteiger partial charge in [-0.25, -0.2) is 0 Å². The minimum absolute atomic E-state index is 0. The molecule has 5 heteroatoms. The van der Waals surface area contributed by atoms with Crippen LogP contribution in [0.2, 0.25) is 0 Å². The predicted octanol–water partition coefficient (Wildman–Crippen LogP) is 1.67. The number of halogens is 1. The van der Waals surface area contributed by atoms with Crippen molar-refractivity contribution in [2.45, 2.75) is 25.7 Å². The van der Waals surface area contributed by atoms with Crippen LogP contribution in [0.25, 0.3) is 0 Å². The lowest BCUT2D eigenvalue weighted by Gasteiger charge is -2.22. The van der Waals surface area contributed by atoms with E-state index in [2.05, 4.69) is 16.9 Å². The van der Waals surface area contributed by atoms with Crippen LogP contribution in [0.5, 0.6) is 0 Å². The summed E-state index contributed by atoms with van der Waals surface area (Å²) in [6.07, 6.45) is 6.24. The van der Waals surface area contributed by atoms with Gasteiger partial charge in [-0.15, -0.1) is 12.4 Å². The van der Waals surface area contributed by atoms with E-state index in [4.69, 9.17) is 0 Å². The first-order valence-electron chi connectivity index (χ1n) is 5.79. The number of piperidine rings is 1. The first kappa shape index (κ1) is 16.1. The van der Waals surface area contributed by atoms with Crippen LogP contribution >= 0.6 is 24.2 Å². The highest BCUT2D eigenvalue weighted by Crippen LogP contribution is 2.08. The minimum Gasteiger partial charge on any atom is -0.356 e. The van der Waals surface area contributed by atoms with Gasteiger partial charge >= 0.3 is 0 Å². The Balaban J connectivity index is 0.00000225. The molecule has 0 saturated carbocycles. The van der Waals surface area contributed by atoms with E-state index in [1.807, 2.05) is 0 Å². The molecule has 1 amide bonds. The molecule has 1 heterocycles. The standard InChI is InChI=1S/C11H22N2OS.ClH/c1-15-7-3-5-11(14)13-9-10-4-2-6-12-8-10;/h10,12H,2-9H2,1H3,(H,13,14);1H. The Labute approximate surface area is 109 Å². The summed E-state index contributed by atoms with van der Waals surface area (Å²) in [6.45, 7) is 3.05. The Morgan fingerprint density at radius 2 is 2.38 bits per heavy atom. The Bertz CT molecular complexity index is 187. The molecule has 0 aliphatic carbocycles. The van der Waals surface area contributed by atoms with Crippen molar-refractivity contribution >= 4 is 30.1 Å². The third-order valence-corrected chi connectivity index (χ3v) is 3.44. The molecule has 3 nitrogen and oxygen atoms in total. The van der Waals surface area contributed by atoms with E-state index in [1.165, 1.54) is 12.8 Å². The maximum Gasteiger partial charge on any atom is 0.220 e. The molecule has 1 aliphatic heterocycles. The lowest BCUT2D eigenvalue weighted by molar-refractivity contribution is -0.121. The molecule has 0 spiro atoms. The largest absolute Gasteiger partial charge is 0.356 e. The number of nitrogens with one attached hydrogen (secondary N) is 2. The number of amides is 1. The Hall–Kier alpha value is 0.0700. The van der Waals surface area contributed by atoms with E-state index in [-0.39, 0.29) is 18.3 Å². The van der Waals surface area contributed by atoms with E-state index in [0.717, 1.165) is 31.8 Å². The number of thioether (sulfide) groups is 1. The second-order valence-corrected chi connectivity index (χ2v) is 5.10. The van der Waals surface area contributed by atoms with Gasteiger partial charge < -0.3 is 10.6 Å². The smallest absolute Gasteiger partial charge is 0.220 e. The highest BCUT2D eigenvalue weighted by atomic mass is 35.5. The van der Waals surface area contributed by atoms with Crippen molar-refractivity contribution in [1.82, 2.24) is 10.6 Å². The van der Waals surface area contributed by atoms with E-state index in [0.29, 0.717) is 12.3 Å². The topological polar surface area (TPSA) is 41.1 Å². The molecule has 1 rings (SSSR count). The van der Waals surface area contributed by atoms with E-state index in [9.17, 15) is 4.79 Å². The molecule has 1 aliphatic rings. The number of carbonyl (C=O) groups excluding carboxylic acids is 1. The van der Waals surface area contributed by atoms with Crippen LogP contribution in [0.4, 0.5) is 0 Å². The Morgan fingerprint density at radius 3 is 3.00 bits per heavy atom. The molecule has 1 unspecified atom stereocenters. The third kappa shape index (κ3) is 7.36. The molecule has 1 saturated heterocycles. The summed E-state index contributed by atoms with van der Waals surface area (Å²) >= 11 is 1.80. The SMILES string of the molecule is CSCCCC(=O)NCC1CCCNC1.Cl. The molecular weight excluding hydrogens is 244 g/mol. The Kier molecular flexibility index (Phi) is 10.3. The average Bonchev–Trinajstić information content (AvgIpc) is 2.28. The predicted molar refractivity (Wildman–Crippen MR) is 73.5 cm³/mol. The monoisotopic (exact) mass is 266 g/mol. The fraction of sp³-hybridized carbons (Fsp3) is 0.909. The zero-order valence-corrected chi connectivity index (χ0v) is 11.6. The van der Waals surface area contributed by atoms with Gasteiger partial charge in [0.1, 0.15) is 0 Å². The maximum absolute atomic E-state index is 11.4. The molecule has 96 valence electrons. The van der Waals surface area contributed by atoms with Crippen LogP contribution in [0.1, 0.15) is 25.7 Å². The number of hydrogen-bond donors (Lipinski definition) is 2. The molecule has 0 radical (unpaired) electrons. The first-order chi connectivity index (χ1) is 7.33. The van der Waals surface area contributed by atoms with Crippen LogP contribution < -0.4 is 10.6 Å². The molecule has 1 fully saturated rings. The highest BCUT2D eigenvalue weighted by Gasteiger charge is 2.13. The van der Waals surface area contributed by atoms with Gasteiger partial charge in [0.2, 0.25) is 5.91 Å². The summed E-state index contributed by atoms with van der Waals surface area (Å²) in [5.41, 5.74) is 0. The highest BCUT2D eigenvalue weighted by molar-refractivity contribution is 7.98. The van der Waals surface area contributed by atoms with Crippen LogP contribution in [0, 0.1) is 5.92 Å². The molecule has 1 atom stereocenters. The van der Waals surface area contributed by atoms with Crippen molar-refractivity contribution in [3.63, 3.8) is 0 Å². The lowest BCUT2D eigenvalue weighted by atomic mass is 10.00. The van der Waals surface area contributed by atoms with Crippen molar-refractivity contribution in [2.24, 2.45) is 5.92 Å². The Morgan fingerprint density at radius 1 is 1.56 bits per heavy atom. The second kappa shape index (κ2) is 10.2. The average molecular weight is 267 g/mol. The van der Waals surface area contributed by atoms with Gasteiger partial charge in [-0.1, -0.05) is 0 Å². The van der Waals surface area contributed by atoms with Gasteiger partial charge in [-0.3, -0.25) is 4.79 Å². The second-order valence-electron chi connectivity index (χ2n) is 4.11. The molecule has 0 aromatic heterocycles. The molecule has 0 bridgehead atoms. The van der Waals surface area contributed by atoms with Gasteiger partial charge in [0.05, 0.1) is 0 Å². The van der Waals surface area contributed by atoms with E-state index >= 15 is 0 Å². The van der Waals surface area contributed by atoms with Gasteiger partial charge in [-0.05, 0) is 50.3 Å². The summed E-state index contributed by atoms with van der Waals surface area (Å²) in [4.78, 5) is 11.4. The van der Waals surface area contributed by atoms with Gasteiger partial charge in [-0.2, -0.15) is 11.8 Å². The van der Waals surface area contributed by atoms with Crippen molar-refractivity contribution in [3.8, 4) is 0 Å². The molecular formula is C11H23ClN2OS. The fourth-order valence-corrected chi connectivity index (χ4v) is 2.25. The van der Waals surface area contributed by atoms with Gasteiger partial charge in [0.15, 0.2) is 0 Å². The van der Waals surface area contributed by atoms with Crippen LogP contribution in [0.3, 0.4) is 0 Å². The molecule has 2 N–H and O–H groups in total. The van der Waals surface area contributed by atoms with E-state index in [1.54, 1.807) is 11.8 Å². The summed E-state index contributed by atoms with van der Waals surface area (Å²) < 4.78 is 0. The summed E-state index contributed by atoms with van der Waals surface area (Å²) in [5.74, 6) is 1.94. The van der Waals surface area contributed by atoms with Crippen molar-refractivity contribution < 1.29 is 4.79 Å². The summed E-state index contributed by atoms with van der Waals surface area (Å²) in [5, 5.41) is 6.38. The van der Waals surface area contributed by atoms with Crippen molar-refractivity contribution in [1.29, 1.82) is 0 Å². The normalized spacial score (nSPS) is 19.9. The van der Waals surface area contributed by atoms with Crippen LogP contribution in [-0.2, 0) is 4.79 Å². The lowest BCUT2D eigenvalue weighted by Crippen LogP contribution is -2.38. The first-order valence-corrected chi connectivity index (χ1v) is 7.18. The summed E-state index contributed by atoms with van der Waals surface area (Å²) in [7, 11) is 0. The quantitative estimate of drug-likeness (QED) is 0.719. The minimum atomic E-state index is 0. The summed E-state index contributed by atoms with van der Waals surface area (Å²) in [6, 6.07) is 0. The van der Waals surface area contributed by atoms with Crippen LogP contribution in [-0.4, -0.2) is 37.6 Å². The van der Waals surface area contributed by atoms with Gasteiger partial charge in [0, 0.05) is 13.0 Å².